The molecule has 7 nitrogen and oxygen atoms in total. The molecule has 0 spiro atoms. The quantitative estimate of drug-likeness (QED) is 0.666. The molecule has 0 saturated heterocycles. The highest BCUT2D eigenvalue weighted by Crippen LogP contribution is 2.27. The molecular weight excluding hydrogens is 378 g/mol. The molecule has 0 saturated carbocycles. The SMILES string of the molecule is Cc1nc2sc(C(=O)OCC(=O)N(C)[C@@H](C)c3ccccc3)c(C)c2c(=O)[nH]1. The Kier molecular flexibility index (Phi) is 5.60. The van der Waals surface area contributed by atoms with Crippen LogP contribution in [-0.2, 0) is 9.53 Å². The average Bonchev–Trinajstić information content (AvgIpc) is 3.01. The number of hydrogen-bond donors (Lipinski definition) is 1. The van der Waals surface area contributed by atoms with Gasteiger partial charge in [-0.15, -0.1) is 11.3 Å². The highest BCUT2D eigenvalue weighted by Gasteiger charge is 2.23. The fourth-order valence-corrected chi connectivity index (χ4v) is 4.03. The number of likely N-dealkylation sites (N-methyl/N-ethyl adjacent to an activating group) is 1. The van der Waals surface area contributed by atoms with Crippen molar-refractivity contribution in [3.05, 3.63) is 62.5 Å². The number of nitrogens with one attached hydrogen (secondary N) is 1. The number of carbonyl (C=O) groups excluding carboxylic acids is 2. The van der Waals surface area contributed by atoms with Gasteiger partial charge >= 0.3 is 5.97 Å². The van der Waals surface area contributed by atoms with Gasteiger partial charge in [0.05, 0.1) is 11.4 Å². The molecule has 28 heavy (non-hydrogen) atoms. The maximum atomic E-state index is 12.5. The summed E-state index contributed by atoms with van der Waals surface area (Å²) in [5.74, 6) is -0.465. The number of nitrogens with zero attached hydrogens (tertiary/aromatic N) is 2. The van der Waals surface area contributed by atoms with Crippen molar-refractivity contribution in [3.63, 3.8) is 0 Å². The van der Waals surface area contributed by atoms with Crippen molar-refractivity contribution in [2.75, 3.05) is 13.7 Å². The molecule has 8 heteroatoms. The molecule has 1 atom stereocenters. The number of rotatable bonds is 5. The van der Waals surface area contributed by atoms with Crippen LogP contribution in [0.2, 0.25) is 0 Å². The van der Waals surface area contributed by atoms with Crippen LogP contribution in [0.5, 0.6) is 0 Å². The molecular formula is C20H21N3O4S. The van der Waals surface area contributed by atoms with Gasteiger partial charge in [-0.25, -0.2) is 9.78 Å². The van der Waals surface area contributed by atoms with Gasteiger partial charge in [0.1, 0.15) is 15.5 Å². The Bertz CT molecular complexity index is 1090. The lowest BCUT2D eigenvalue weighted by atomic mass is 10.1. The lowest BCUT2D eigenvalue weighted by molar-refractivity contribution is -0.135. The van der Waals surface area contributed by atoms with E-state index in [1.165, 1.54) is 4.90 Å². The molecule has 0 aliphatic heterocycles. The predicted octanol–water partition coefficient (Wildman–Crippen LogP) is 2.98. The predicted molar refractivity (Wildman–Crippen MR) is 108 cm³/mol. The number of thiophene rings is 1. The first kappa shape index (κ1) is 19.8. The summed E-state index contributed by atoms with van der Waals surface area (Å²) in [4.78, 5) is 46.2. The number of aryl methyl sites for hydroxylation is 2. The van der Waals surface area contributed by atoms with Crippen molar-refractivity contribution in [1.29, 1.82) is 0 Å². The van der Waals surface area contributed by atoms with Crippen molar-refractivity contribution in [2.24, 2.45) is 0 Å². The molecule has 3 aromatic rings. The van der Waals surface area contributed by atoms with Gasteiger partial charge in [-0.05, 0) is 31.9 Å². The van der Waals surface area contributed by atoms with E-state index in [0.29, 0.717) is 21.6 Å². The summed E-state index contributed by atoms with van der Waals surface area (Å²) in [6.07, 6.45) is 0. The third kappa shape index (κ3) is 3.82. The summed E-state index contributed by atoms with van der Waals surface area (Å²) in [5.41, 5.74) is 1.21. The Balaban J connectivity index is 1.71. The van der Waals surface area contributed by atoms with Crippen molar-refractivity contribution >= 4 is 33.4 Å². The van der Waals surface area contributed by atoms with E-state index in [1.54, 1.807) is 20.9 Å². The van der Waals surface area contributed by atoms with Crippen molar-refractivity contribution in [2.45, 2.75) is 26.8 Å². The number of benzene rings is 1. The molecule has 0 radical (unpaired) electrons. The molecule has 1 aromatic carbocycles. The number of esters is 1. The van der Waals surface area contributed by atoms with E-state index in [2.05, 4.69) is 9.97 Å². The maximum absolute atomic E-state index is 12.5. The van der Waals surface area contributed by atoms with Crippen LogP contribution in [0.25, 0.3) is 10.2 Å². The van der Waals surface area contributed by atoms with Gasteiger partial charge in [0, 0.05) is 7.05 Å². The molecule has 0 aliphatic carbocycles. The van der Waals surface area contributed by atoms with E-state index in [9.17, 15) is 14.4 Å². The zero-order valence-electron chi connectivity index (χ0n) is 16.1. The van der Waals surface area contributed by atoms with E-state index in [0.717, 1.165) is 16.9 Å². The van der Waals surface area contributed by atoms with Gasteiger partial charge < -0.3 is 14.6 Å². The highest BCUT2D eigenvalue weighted by molar-refractivity contribution is 7.20. The number of aromatic nitrogens is 2. The molecule has 2 heterocycles. The molecule has 1 N–H and O–H groups in total. The first-order valence-electron chi connectivity index (χ1n) is 8.77. The normalized spacial score (nSPS) is 12.0. The fourth-order valence-electron chi connectivity index (χ4n) is 2.91. The number of aromatic amines is 1. The summed E-state index contributed by atoms with van der Waals surface area (Å²) in [6, 6.07) is 9.46. The molecule has 0 unspecified atom stereocenters. The Morgan fingerprint density at radius 2 is 1.93 bits per heavy atom. The van der Waals surface area contributed by atoms with E-state index in [4.69, 9.17) is 4.74 Å². The Labute approximate surface area is 166 Å². The largest absolute Gasteiger partial charge is 0.451 e. The summed E-state index contributed by atoms with van der Waals surface area (Å²) in [5, 5.41) is 0.378. The minimum absolute atomic E-state index is 0.149. The second-order valence-electron chi connectivity index (χ2n) is 6.56. The number of carbonyl (C=O) groups is 2. The monoisotopic (exact) mass is 399 g/mol. The topological polar surface area (TPSA) is 92.4 Å². The molecule has 1 amide bonds. The third-order valence-electron chi connectivity index (χ3n) is 4.69. The molecule has 3 rings (SSSR count). The molecule has 0 aliphatic rings. The Hall–Kier alpha value is -3.00. The van der Waals surface area contributed by atoms with Crippen molar-refractivity contribution in [3.8, 4) is 0 Å². The third-order valence-corrected chi connectivity index (χ3v) is 5.85. The lowest BCUT2D eigenvalue weighted by Crippen LogP contribution is -2.33. The summed E-state index contributed by atoms with van der Waals surface area (Å²) < 4.78 is 5.22. The van der Waals surface area contributed by atoms with E-state index in [-0.39, 0.29) is 29.0 Å². The van der Waals surface area contributed by atoms with Gasteiger partial charge in [-0.2, -0.15) is 0 Å². The van der Waals surface area contributed by atoms with E-state index >= 15 is 0 Å². The minimum atomic E-state index is -0.633. The zero-order valence-corrected chi connectivity index (χ0v) is 16.9. The summed E-state index contributed by atoms with van der Waals surface area (Å²) in [7, 11) is 1.67. The average molecular weight is 399 g/mol. The molecule has 2 aromatic heterocycles. The van der Waals surface area contributed by atoms with E-state index < -0.39 is 5.97 Å². The molecule has 0 bridgehead atoms. The molecule has 0 fully saturated rings. The minimum Gasteiger partial charge on any atom is -0.451 e. The van der Waals surface area contributed by atoms with Crippen molar-refractivity contribution in [1.82, 2.24) is 14.9 Å². The van der Waals surface area contributed by atoms with Gasteiger partial charge in [-0.3, -0.25) is 9.59 Å². The van der Waals surface area contributed by atoms with Crippen LogP contribution in [0.4, 0.5) is 0 Å². The summed E-state index contributed by atoms with van der Waals surface area (Å²) >= 11 is 1.09. The number of ether oxygens (including phenoxy) is 1. The van der Waals surface area contributed by atoms with Gasteiger partial charge in [0.2, 0.25) is 0 Å². The number of amides is 1. The first-order chi connectivity index (χ1) is 13.3. The maximum Gasteiger partial charge on any atom is 0.349 e. The fraction of sp³-hybridized carbons (Fsp3) is 0.300. The van der Waals surface area contributed by atoms with Crippen LogP contribution < -0.4 is 5.56 Å². The number of hydrogen-bond acceptors (Lipinski definition) is 6. The smallest absolute Gasteiger partial charge is 0.349 e. The van der Waals surface area contributed by atoms with Crippen LogP contribution in [0.3, 0.4) is 0 Å². The Morgan fingerprint density at radius 3 is 2.61 bits per heavy atom. The second kappa shape index (κ2) is 7.93. The Morgan fingerprint density at radius 1 is 1.25 bits per heavy atom. The van der Waals surface area contributed by atoms with Gasteiger partial charge in [0.15, 0.2) is 6.61 Å². The number of H-pyrrole nitrogens is 1. The second-order valence-corrected chi connectivity index (χ2v) is 7.55. The standard InChI is InChI=1S/C20H21N3O4S/c1-11-16-18(25)21-13(3)22-19(16)28-17(11)20(26)27-10-15(24)23(4)12(2)14-8-6-5-7-9-14/h5-9,12H,10H2,1-4H3,(H,21,22,25)/t12-/m0/s1. The molecule has 146 valence electrons. The highest BCUT2D eigenvalue weighted by atomic mass is 32.1. The van der Waals surface area contributed by atoms with Crippen LogP contribution in [0.1, 0.15) is 39.6 Å². The van der Waals surface area contributed by atoms with Crippen LogP contribution in [0.15, 0.2) is 35.1 Å². The van der Waals surface area contributed by atoms with Crippen molar-refractivity contribution < 1.29 is 14.3 Å². The van der Waals surface area contributed by atoms with Crippen LogP contribution >= 0.6 is 11.3 Å². The van der Waals surface area contributed by atoms with Gasteiger partial charge in [0.25, 0.3) is 11.5 Å². The first-order valence-corrected chi connectivity index (χ1v) is 9.59. The lowest BCUT2D eigenvalue weighted by Gasteiger charge is -2.25. The van der Waals surface area contributed by atoms with Gasteiger partial charge in [-0.1, -0.05) is 30.3 Å². The van der Waals surface area contributed by atoms with Crippen LogP contribution in [-0.4, -0.2) is 40.4 Å². The van der Waals surface area contributed by atoms with Crippen LogP contribution in [0, 0.1) is 13.8 Å². The van der Waals surface area contributed by atoms with E-state index in [1.807, 2.05) is 37.3 Å². The zero-order chi connectivity index (χ0) is 20.4. The number of fused-ring (bicyclic) bond motifs is 1. The summed E-state index contributed by atoms with van der Waals surface area (Å²) in [6.45, 7) is 4.89.